The van der Waals surface area contributed by atoms with Crippen molar-refractivity contribution in [3.05, 3.63) is 51.0 Å². The van der Waals surface area contributed by atoms with Crippen LogP contribution in [0.15, 0.2) is 30.3 Å². The summed E-state index contributed by atoms with van der Waals surface area (Å²) in [6.45, 7) is 0.959. The molecule has 1 amide bonds. The number of fused-ring (bicyclic) bond motifs is 1. The van der Waals surface area contributed by atoms with Crippen LogP contribution in [0.2, 0.25) is 0 Å². The quantitative estimate of drug-likeness (QED) is 0.403. The molecular weight excluding hydrogens is 434 g/mol. The number of amides is 1. The molecule has 0 unspecified atom stereocenters. The number of piperidine rings is 1. The van der Waals surface area contributed by atoms with Gasteiger partial charge in [-0.3, -0.25) is 14.9 Å². The summed E-state index contributed by atoms with van der Waals surface area (Å²) in [4.78, 5) is 30.9. The molecule has 1 fully saturated rings. The molecule has 0 N–H and O–H groups in total. The largest absolute Gasteiger partial charge is 0.493 e. The van der Waals surface area contributed by atoms with E-state index in [0.29, 0.717) is 13.1 Å². The Labute approximate surface area is 188 Å². The molecule has 2 heterocycles. The van der Waals surface area contributed by atoms with E-state index in [1.54, 1.807) is 16.2 Å². The molecule has 1 aliphatic rings. The van der Waals surface area contributed by atoms with Gasteiger partial charge in [0.05, 0.1) is 41.5 Å². The van der Waals surface area contributed by atoms with Crippen LogP contribution in [0.1, 0.15) is 34.1 Å². The highest BCUT2D eigenvalue weighted by molar-refractivity contribution is 7.18. The van der Waals surface area contributed by atoms with Crippen molar-refractivity contribution in [1.82, 2.24) is 9.88 Å². The number of nitro benzene ring substituents is 1. The maximum absolute atomic E-state index is 13.3. The minimum atomic E-state index is -0.623. The molecule has 32 heavy (non-hydrogen) atoms. The number of ether oxygens (including phenoxy) is 3. The second-order valence-electron chi connectivity index (χ2n) is 7.38. The van der Waals surface area contributed by atoms with Gasteiger partial charge in [0.1, 0.15) is 5.56 Å². The first-order valence-electron chi connectivity index (χ1n) is 10.1. The van der Waals surface area contributed by atoms with Crippen molar-refractivity contribution >= 4 is 33.1 Å². The third kappa shape index (κ3) is 3.81. The third-order valence-electron chi connectivity index (χ3n) is 5.66. The first kappa shape index (κ1) is 21.8. The van der Waals surface area contributed by atoms with E-state index >= 15 is 0 Å². The zero-order valence-electron chi connectivity index (χ0n) is 18.0. The maximum atomic E-state index is 13.3. The molecule has 0 aliphatic carbocycles. The van der Waals surface area contributed by atoms with Gasteiger partial charge in [0.15, 0.2) is 5.75 Å². The lowest BCUT2D eigenvalue weighted by Crippen LogP contribution is -2.38. The second-order valence-corrected chi connectivity index (χ2v) is 8.45. The lowest BCUT2D eigenvalue weighted by molar-refractivity contribution is -0.386. The van der Waals surface area contributed by atoms with Gasteiger partial charge >= 0.3 is 5.69 Å². The summed E-state index contributed by atoms with van der Waals surface area (Å²) < 4.78 is 16.9. The van der Waals surface area contributed by atoms with Crippen LogP contribution in [0.25, 0.3) is 10.2 Å². The van der Waals surface area contributed by atoms with Crippen LogP contribution in [0.3, 0.4) is 0 Å². The molecule has 9 nitrogen and oxygen atoms in total. The summed E-state index contributed by atoms with van der Waals surface area (Å²) in [6.07, 6.45) is 1.48. The van der Waals surface area contributed by atoms with Gasteiger partial charge in [-0.15, -0.1) is 11.3 Å². The van der Waals surface area contributed by atoms with Gasteiger partial charge < -0.3 is 19.1 Å². The lowest BCUT2D eigenvalue weighted by Gasteiger charge is -2.31. The summed E-state index contributed by atoms with van der Waals surface area (Å²) in [5, 5.41) is 12.9. The number of para-hydroxylation sites is 1. The SMILES string of the molecule is COc1cc(C(=O)N2CCC(c3nc4ccccc4s3)CC2)c([N+](=O)[O-])c(OC)c1OC. The van der Waals surface area contributed by atoms with E-state index in [0.717, 1.165) is 28.1 Å². The van der Waals surface area contributed by atoms with Crippen LogP contribution in [0, 0.1) is 10.1 Å². The highest BCUT2D eigenvalue weighted by Crippen LogP contribution is 2.47. The Morgan fingerprint density at radius 2 is 1.81 bits per heavy atom. The summed E-state index contributed by atoms with van der Waals surface area (Å²) in [5.74, 6) is -0.0369. The van der Waals surface area contributed by atoms with Crippen molar-refractivity contribution in [3.63, 3.8) is 0 Å². The Hall–Kier alpha value is -3.40. The monoisotopic (exact) mass is 457 g/mol. The van der Waals surface area contributed by atoms with E-state index in [9.17, 15) is 14.9 Å². The molecule has 1 saturated heterocycles. The average molecular weight is 458 g/mol. The Morgan fingerprint density at radius 3 is 2.41 bits per heavy atom. The number of hydrogen-bond acceptors (Lipinski definition) is 8. The zero-order valence-corrected chi connectivity index (χ0v) is 18.8. The van der Waals surface area contributed by atoms with Crippen LogP contribution in [0.4, 0.5) is 5.69 Å². The number of rotatable bonds is 6. The van der Waals surface area contributed by atoms with Gasteiger partial charge in [0.25, 0.3) is 5.91 Å². The number of aromatic nitrogens is 1. The van der Waals surface area contributed by atoms with E-state index in [1.807, 2.05) is 18.2 Å². The summed E-state index contributed by atoms with van der Waals surface area (Å²) in [7, 11) is 4.06. The smallest absolute Gasteiger partial charge is 0.327 e. The maximum Gasteiger partial charge on any atom is 0.327 e. The highest BCUT2D eigenvalue weighted by Gasteiger charge is 2.35. The summed E-state index contributed by atoms with van der Waals surface area (Å²) in [5.41, 5.74) is 0.477. The molecule has 0 bridgehead atoms. The standard InChI is InChI=1S/C22H23N3O6S/c1-29-16-12-14(18(25(27)28)20(31-3)19(16)30-2)22(26)24-10-8-13(9-11-24)21-23-15-6-4-5-7-17(15)32-21/h4-7,12-13H,8-11H2,1-3H3. The normalized spacial score (nSPS) is 14.4. The van der Waals surface area contributed by atoms with Crippen molar-refractivity contribution in [1.29, 1.82) is 0 Å². The molecular formula is C22H23N3O6S. The zero-order chi connectivity index (χ0) is 22.8. The Kier molecular flexibility index (Phi) is 6.13. The summed E-state index contributed by atoms with van der Waals surface area (Å²) >= 11 is 1.68. The predicted octanol–water partition coefficient (Wildman–Crippen LogP) is 4.25. The van der Waals surface area contributed by atoms with Crippen LogP contribution in [0.5, 0.6) is 17.2 Å². The Morgan fingerprint density at radius 1 is 1.12 bits per heavy atom. The van der Waals surface area contributed by atoms with Crippen molar-refractivity contribution in [2.75, 3.05) is 34.4 Å². The van der Waals surface area contributed by atoms with Crippen molar-refractivity contribution < 1.29 is 23.9 Å². The Balaban J connectivity index is 1.59. The van der Waals surface area contributed by atoms with Gasteiger partial charge in [0.2, 0.25) is 11.5 Å². The van der Waals surface area contributed by atoms with Crippen molar-refractivity contribution in [2.24, 2.45) is 0 Å². The molecule has 0 radical (unpaired) electrons. The molecule has 10 heteroatoms. The number of carbonyl (C=O) groups is 1. The van der Waals surface area contributed by atoms with E-state index in [-0.39, 0.29) is 28.7 Å². The molecule has 0 spiro atoms. The number of carbonyl (C=O) groups excluding carboxylic acids is 1. The van der Waals surface area contributed by atoms with Crippen LogP contribution < -0.4 is 14.2 Å². The number of hydrogen-bond donors (Lipinski definition) is 0. The minimum Gasteiger partial charge on any atom is -0.493 e. The fraction of sp³-hybridized carbons (Fsp3) is 0.364. The van der Waals surface area contributed by atoms with Crippen LogP contribution >= 0.6 is 11.3 Å². The number of nitrogens with zero attached hydrogens (tertiary/aromatic N) is 3. The van der Waals surface area contributed by atoms with E-state index in [4.69, 9.17) is 19.2 Å². The Bertz CT molecular complexity index is 1140. The molecule has 4 rings (SSSR count). The molecule has 1 aromatic heterocycles. The fourth-order valence-corrected chi connectivity index (χ4v) is 5.19. The number of likely N-dealkylation sites (tertiary alicyclic amines) is 1. The molecule has 168 valence electrons. The van der Waals surface area contributed by atoms with Crippen molar-refractivity contribution in [3.8, 4) is 17.2 Å². The lowest BCUT2D eigenvalue weighted by atomic mass is 9.96. The van der Waals surface area contributed by atoms with Gasteiger partial charge in [-0.05, 0) is 25.0 Å². The first-order chi connectivity index (χ1) is 15.5. The molecule has 0 atom stereocenters. The number of methoxy groups -OCH3 is 3. The fourth-order valence-electron chi connectivity index (χ4n) is 4.05. The minimum absolute atomic E-state index is 0.0767. The first-order valence-corrected chi connectivity index (χ1v) is 10.9. The van der Waals surface area contributed by atoms with E-state index < -0.39 is 16.5 Å². The highest BCUT2D eigenvalue weighted by atomic mass is 32.1. The van der Waals surface area contributed by atoms with Gasteiger partial charge in [-0.2, -0.15) is 0 Å². The number of benzene rings is 2. The molecule has 3 aromatic rings. The van der Waals surface area contributed by atoms with Gasteiger partial charge in [-0.1, -0.05) is 12.1 Å². The van der Waals surface area contributed by atoms with Gasteiger partial charge in [-0.25, -0.2) is 4.98 Å². The van der Waals surface area contributed by atoms with Crippen LogP contribution in [-0.4, -0.2) is 55.1 Å². The predicted molar refractivity (Wildman–Crippen MR) is 120 cm³/mol. The van der Waals surface area contributed by atoms with Gasteiger partial charge in [0, 0.05) is 25.1 Å². The second kappa shape index (κ2) is 8.99. The van der Waals surface area contributed by atoms with Crippen LogP contribution in [-0.2, 0) is 0 Å². The third-order valence-corrected chi connectivity index (χ3v) is 6.86. The summed E-state index contributed by atoms with van der Waals surface area (Å²) in [6, 6.07) is 9.37. The van der Waals surface area contributed by atoms with E-state index in [1.165, 1.54) is 27.4 Å². The topological polar surface area (TPSA) is 104 Å². The van der Waals surface area contributed by atoms with E-state index in [2.05, 4.69) is 6.07 Å². The molecule has 2 aromatic carbocycles. The van der Waals surface area contributed by atoms with Crippen molar-refractivity contribution in [2.45, 2.75) is 18.8 Å². The molecule has 1 aliphatic heterocycles. The average Bonchev–Trinajstić information content (AvgIpc) is 3.26. The molecule has 0 saturated carbocycles. The number of thiazole rings is 1. The number of nitro groups is 1.